The topological polar surface area (TPSA) is 75.6 Å². The van der Waals surface area contributed by atoms with Crippen molar-refractivity contribution in [3.05, 3.63) is 0 Å². The fourth-order valence-corrected chi connectivity index (χ4v) is 1.03. The zero-order valence-electron chi connectivity index (χ0n) is 8.58. The summed E-state index contributed by atoms with van der Waals surface area (Å²) in [5.74, 6) is -0.388. The minimum Gasteiger partial charge on any atom is -0.464 e. The standard InChI is InChI=1S/C7H11NO3.C2H6O/c1-2-11-7(10)5-3-4-6(9)8-5;1-2-3/h5H,2-4H2,1H3,(H,8,9);3H,2H2,1H3/t5-;/m0./s1. The number of carbonyl (C=O) groups excluding carboxylic acids is 2. The van der Waals surface area contributed by atoms with Gasteiger partial charge in [0.25, 0.3) is 0 Å². The molecule has 1 aliphatic rings. The number of ether oxygens (including phenoxy) is 1. The van der Waals surface area contributed by atoms with Gasteiger partial charge in [-0.2, -0.15) is 0 Å². The second kappa shape index (κ2) is 7.32. The highest BCUT2D eigenvalue weighted by atomic mass is 16.5. The molecule has 14 heavy (non-hydrogen) atoms. The van der Waals surface area contributed by atoms with Crippen LogP contribution >= 0.6 is 0 Å². The van der Waals surface area contributed by atoms with E-state index in [1.165, 1.54) is 0 Å². The number of hydrogen-bond donors (Lipinski definition) is 2. The summed E-state index contributed by atoms with van der Waals surface area (Å²) in [7, 11) is 0. The van der Waals surface area contributed by atoms with E-state index in [2.05, 4.69) is 5.32 Å². The number of aliphatic hydroxyl groups excluding tert-OH is 1. The molecule has 1 atom stereocenters. The average molecular weight is 203 g/mol. The van der Waals surface area contributed by atoms with Crippen molar-refractivity contribution < 1.29 is 19.4 Å². The van der Waals surface area contributed by atoms with Crippen LogP contribution in [-0.2, 0) is 14.3 Å². The molecule has 1 aliphatic heterocycles. The molecular formula is C9H17NO4. The second-order valence-corrected chi connectivity index (χ2v) is 2.73. The first kappa shape index (κ1) is 12.9. The maximum Gasteiger partial charge on any atom is 0.328 e. The van der Waals surface area contributed by atoms with Gasteiger partial charge in [0.15, 0.2) is 0 Å². The fourth-order valence-electron chi connectivity index (χ4n) is 1.03. The molecule has 0 spiro atoms. The third-order valence-electron chi connectivity index (χ3n) is 1.57. The average Bonchev–Trinajstić information content (AvgIpc) is 2.54. The Labute approximate surface area is 83.4 Å². The Morgan fingerprint density at radius 1 is 1.64 bits per heavy atom. The van der Waals surface area contributed by atoms with E-state index in [4.69, 9.17) is 9.84 Å². The lowest BCUT2D eigenvalue weighted by Crippen LogP contribution is -2.34. The largest absolute Gasteiger partial charge is 0.464 e. The first-order chi connectivity index (χ1) is 6.65. The van der Waals surface area contributed by atoms with Crippen LogP contribution < -0.4 is 5.32 Å². The zero-order chi connectivity index (χ0) is 11.0. The highest BCUT2D eigenvalue weighted by Crippen LogP contribution is 2.07. The minimum atomic E-state index is -0.401. The Balaban J connectivity index is 0.000000500. The van der Waals surface area contributed by atoms with Gasteiger partial charge in [-0.05, 0) is 20.3 Å². The maximum absolute atomic E-state index is 11.0. The smallest absolute Gasteiger partial charge is 0.328 e. The van der Waals surface area contributed by atoms with Crippen LogP contribution in [0.5, 0.6) is 0 Å². The summed E-state index contributed by atoms with van der Waals surface area (Å²) in [5.41, 5.74) is 0. The Kier molecular flexibility index (Phi) is 6.74. The van der Waals surface area contributed by atoms with Crippen molar-refractivity contribution in [2.45, 2.75) is 32.7 Å². The lowest BCUT2D eigenvalue weighted by Gasteiger charge is -2.07. The van der Waals surface area contributed by atoms with Gasteiger partial charge in [0.05, 0.1) is 6.61 Å². The number of nitrogens with one attached hydrogen (secondary N) is 1. The minimum absolute atomic E-state index is 0.0666. The molecular weight excluding hydrogens is 186 g/mol. The zero-order valence-corrected chi connectivity index (χ0v) is 8.58. The maximum atomic E-state index is 11.0. The summed E-state index contributed by atoms with van der Waals surface area (Å²) >= 11 is 0. The van der Waals surface area contributed by atoms with Gasteiger partial charge in [-0.3, -0.25) is 4.79 Å². The van der Waals surface area contributed by atoms with Crippen molar-refractivity contribution in [3.8, 4) is 0 Å². The Morgan fingerprint density at radius 3 is 2.57 bits per heavy atom. The Hall–Kier alpha value is -1.10. The van der Waals surface area contributed by atoms with Crippen LogP contribution in [0.4, 0.5) is 0 Å². The molecule has 5 heteroatoms. The fraction of sp³-hybridized carbons (Fsp3) is 0.778. The first-order valence-corrected chi connectivity index (χ1v) is 4.72. The second-order valence-electron chi connectivity index (χ2n) is 2.73. The van der Waals surface area contributed by atoms with Crippen molar-refractivity contribution in [2.24, 2.45) is 0 Å². The SMILES string of the molecule is CCO.CCOC(=O)[C@@H]1CCC(=O)N1. The molecule has 2 N–H and O–H groups in total. The molecule has 1 amide bonds. The normalized spacial score (nSPS) is 19.4. The number of aliphatic hydroxyl groups is 1. The first-order valence-electron chi connectivity index (χ1n) is 4.72. The molecule has 0 aliphatic carbocycles. The van der Waals surface area contributed by atoms with E-state index in [0.717, 1.165) is 0 Å². The highest BCUT2D eigenvalue weighted by molar-refractivity contribution is 5.87. The van der Waals surface area contributed by atoms with Gasteiger partial charge in [-0.15, -0.1) is 0 Å². The molecule has 0 unspecified atom stereocenters. The molecule has 0 saturated carbocycles. The van der Waals surface area contributed by atoms with E-state index < -0.39 is 6.04 Å². The molecule has 0 aromatic carbocycles. The van der Waals surface area contributed by atoms with Gasteiger partial charge in [0, 0.05) is 13.0 Å². The summed E-state index contributed by atoms with van der Waals surface area (Å²) < 4.78 is 4.72. The van der Waals surface area contributed by atoms with Gasteiger partial charge < -0.3 is 15.2 Å². The van der Waals surface area contributed by atoms with E-state index in [-0.39, 0.29) is 18.5 Å². The van der Waals surface area contributed by atoms with Crippen molar-refractivity contribution in [3.63, 3.8) is 0 Å². The molecule has 1 heterocycles. The van der Waals surface area contributed by atoms with Gasteiger partial charge in [-0.1, -0.05) is 0 Å². The van der Waals surface area contributed by atoms with E-state index >= 15 is 0 Å². The van der Waals surface area contributed by atoms with E-state index in [0.29, 0.717) is 19.4 Å². The summed E-state index contributed by atoms with van der Waals surface area (Å²) in [6.45, 7) is 4.04. The quantitative estimate of drug-likeness (QED) is 0.611. The summed E-state index contributed by atoms with van der Waals surface area (Å²) in [6.07, 6.45) is 1.00. The molecule has 0 radical (unpaired) electrons. The molecule has 0 bridgehead atoms. The van der Waals surface area contributed by atoms with Gasteiger partial charge in [0.2, 0.25) is 5.91 Å². The van der Waals surface area contributed by atoms with Crippen LogP contribution in [0.2, 0.25) is 0 Å². The van der Waals surface area contributed by atoms with Crippen LogP contribution in [0.25, 0.3) is 0 Å². The van der Waals surface area contributed by atoms with Crippen LogP contribution in [0.3, 0.4) is 0 Å². The summed E-state index contributed by atoms with van der Waals surface area (Å²) in [6, 6.07) is -0.401. The number of rotatable bonds is 2. The van der Waals surface area contributed by atoms with Crippen LogP contribution in [0.15, 0.2) is 0 Å². The number of carbonyl (C=O) groups is 2. The van der Waals surface area contributed by atoms with Crippen molar-refractivity contribution in [1.82, 2.24) is 5.32 Å². The molecule has 1 fully saturated rings. The van der Waals surface area contributed by atoms with Crippen LogP contribution in [0, 0.1) is 0 Å². The number of esters is 1. The van der Waals surface area contributed by atoms with E-state index in [1.807, 2.05) is 0 Å². The van der Waals surface area contributed by atoms with E-state index in [1.54, 1.807) is 13.8 Å². The summed E-state index contributed by atoms with van der Waals surface area (Å²) in [5, 5.41) is 10.1. The van der Waals surface area contributed by atoms with Gasteiger partial charge in [-0.25, -0.2) is 4.79 Å². The molecule has 0 aromatic rings. The van der Waals surface area contributed by atoms with Gasteiger partial charge in [0.1, 0.15) is 6.04 Å². The lowest BCUT2D eigenvalue weighted by atomic mass is 10.2. The van der Waals surface area contributed by atoms with Crippen LogP contribution in [-0.4, -0.2) is 36.2 Å². The Morgan fingerprint density at radius 2 is 2.21 bits per heavy atom. The van der Waals surface area contributed by atoms with Crippen molar-refractivity contribution in [1.29, 1.82) is 0 Å². The highest BCUT2D eigenvalue weighted by Gasteiger charge is 2.27. The monoisotopic (exact) mass is 203 g/mol. The van der Waals surface area contributed by atoms with Gasteiger partial charge >= 0.3 is 5.97 Å². The van der Waals surface area contributed by atoms with Crippen molar-refractivity contribution >= 4 is 11.9 Å². The summed E-state index contributed by atoms with van der Waals surface area (Å²) in [4.78, 5) is 21.6. The third kappa shape index (κ3) is 4.81. The van der Waals surface area contributed by atoms with E-state index in [9.17, 15) is 9.59 Å². The molecule has 82 valence electrons. The molecule has 0 aromatic heterocycles. The predicted octanol–water partition coefficient (Wildman–Crippen LogP) is -0.173. The number of hydrogen-bond acceptors (Lipinski definition) is 4. The molecule has 5 nitrogen and oxygen atoms in total. The molecule has 1 saturated heterocycles. The number of amides is 1. The van der Waals surface area contributed by atoms with Crippen LogP contribution in [0.1, 0.15) is 26.7 Å². The Bertz CT molecular complexity index is 193. The van der Waals surface area contributed by atoms with Crippen molar-refractivity contribution in [2.75, 3.05) is 13.2 Å². The molecule has 1 rings (SSSR count). The predicted molar refractivity (Wildman–Crippen MR) is 50.6 cm³/mol. The lowest BCUT2D eigenvalue weighted by molar-refractivity contribution is -0.145. The third-order valence-corrected chi connectivity index (χ3v) is 1.57.